The molecule has 35 heavy (non-hydrogen) atoms. The second-order valence-electron chi connectivity index (χ2n) is 9.68. The van der Waals surface area contributed by atoms with E-state index in [4.69, 9.17) is 4.74 Å². The first-order chi connectivity index (χ1) is 17.0. The molecule has 2 saturated heterocycles. The summed E-state index contributed by atoms with van der Waals surface area (Å²) in [5.41, 5.74) is 4.44. The second kappa shape index (κ2) is 10.2. The highest BCUT2D eigenvalue weighted by Gasteiger charge is 2.50. The molecule has 5 nitrogen and oxygen atoms in total. The third-order valence-electron chi connectivity index (χ3n) is 7.60. The van der Waals surface area contributed by atoms with Crippen LogP contribution < -0.4 is 0 Å². The minimum atomic E-state index is -3.56. The molecule has 0 bridgehead atoms. The summed E-state index contributed by atoms with van der Waals surface area (Å²) in [7, 11) is -1.81. The Morgan fingerprint density at radius 3 is 2.23 bits per heavy atom. The topological polar surface area (TPSA) is 49.9 Å². The van der Waals surface area contributed by atoms with Crippen molar-refractivity contribution in [2.45, 2.75) is 42.7 Å². The van der Waals surface area contributed by atoms with Crippen molar-refractivity contribution in [1.29, 1.82) is 0 Å². The first-order valence-corrected chi connectivity index (χ1v) is 13.9. The summed E-state index contributed by atoms with van der Waals surface area (Å²) >= 11 is 0. The molecule has 0 N–H and O–H groups in total. The van der Waals surface area contributed by atoms with Crippen LogP contribution in [0.4, 0.5) is 0 Å². The molecule has 0 radical (unpaired) electrons. The van der Waals surface area contributed by atoms with Gasteiger partial charge in [0.1, 0.15) is 0 Å². The molecular formula is C29H34N2O3S. The summed E-state index contributed by atoms with van der Waals surface area (Å²) in [6.07, 6.45) is 1.85. The van der Waals surface area contributed by atoms with Gasteiger partial charge in [-0.1, -0.05) is 72.8 Å². The lowest BCUT2D eigenvalue weighted by atomic mass is 9.74. The number of rotatable bonds is 6. The quantitative estimate of drug-likeness (QED) is 0.492. The van der Waals surface area contributed by atoms with Crippen molar-refractivity contribution in [3.05, 3.63) is 90.0 Å². The Morgan fingerprint density at radius 1 is 0.857 bits per heavy atom. The minimum Gasteiger partial charge on any atom is -0.383 e. The summed E-state index contributed by atoms with van der Waals surface area (Å²) in [6, 6.07) is 26.9. The van der Waals surface area contributed by atoms with Crippen molar-refractivity contribution >= 4 is 10.0 Å². The zero-order valence-corrected chi connectivity index (χ0v) is 21.3. The van der Waals surface area contributed by atoms with E-state index in [9.17, 15) is 8.42 Å². The van der Waals surface area contributed by atoms with E-state index in [0.717, 1.165) is 24.9 Å². The van der Waals surface area contributed by atoms with Crippen molar-refractivity contribution in [2.24, 2.45) is 0 Å². The Kier molecular flexibility index (Phi) is 7.07. The van der Waals surface area contributed by atoms with Gasteiger partial charge >= 0.3 is 0 Å². The number of hydrogen-bond donors (Lipinski definition) is 0. The average Bonchev–Trinajstić information content (AvgIpc) is 2.86. The van der Waals surface area contributed by atoms with Gasteiger partial charge in [-0.25, -0.2) is 8.42 Å². The number of hydrogen-bond acceptors (Lipinski definition) is 4. The van der Waals surface area contributed by atoms with E-state index in [2.05, 4.69) is 53.4 Å². The highest BCUT2D eigenvalue weighted by atomic mass is 32.2. The maximum atomic E-state index is 13.7. The first kappa shape index (κ1) is 24.2. The van der Waals surface area contributed by atoms with E-state index in [0.29, 0.717) is 24.6 Å². The van der Waals surface area contributed by atoms with Crippen LogP contribution in [0.1, 0.15) is 29.9 Å². The van der Waals surface area contributed by atoms with E-state index in [1.165, 1.54) is 16.7 Å². The van der Waals surface area contributed by atoms with Crippen molar-refractivity contribution in [1.82, 2.24) is 9.21 Å². The van der Waals surface area contributed by atoms with Crippen LogP contribution in [-0.4, -0.2) is 63.1 Å². The number of methoxy groups -OCH3 is 1. The first-order valence-electron chi connectivity index (χ1n) is 12.5. The molecule has 0 aromatic heterocycles. The van der Waals surface area contributed by atoms with Gasteiger partial charge in [-0.2, -0.15) is 4.31 Å². The molecule has 0 aliphatic carbocycles. The largest absolute Gasteiger partial charge is 0.383 e. The summed E-state index contributed by atoms with van der Waals surface area (Å²) in [4.78, 5) is 2.89. The van der Waals surface area contributed by atoms with Gasteiger partial charge in [0.15, 0.2) is 0 Å². The maximum absolute atomic E-state index is 13.7. The van der Waals surface area contributed by atoms with Gasteiger partial charge in [0, 0.05) is 38.2 Å². The third-order valence-corrected chi connectivity index (χ3v) is 9.62. The molecule has 2 fully saturated rings. The third kappa shape index (κ3) is 4.68. The molecule has 0 saturated carbocycles. The Labute approximate surface area is 209 Å². The van der Waals surface area contributed by atoms with Crippen LogP contribution in [-0.2, 0) is 14.8 Å². The molecule has 2 aliphatic heterocycles. The fourth-order valence-corrected chi connectivity index (χ4v) is 7.51. The van der Waals surface area contributed by atoms with Gasteiger partial charge in [0.25, 0.3) is 0 Å². The van der Waals surface area contributed by atoms with Gasteiger partial charge < -0.3 is 4.74 Å². The fourth-order valence-electron chi connectivity index (χ4n) is 5.79. The van der Waals surface area contributed by atoms with E-state index < -0.39 is 10.0 Å². The Morgan fingerprint density at radius 2 is 1.51 bits per heavy atom. The highest BCUT2D eigenvalue weighted by Crippen LogP contribution is 2.43. The van der Waals surface area contributed by atoms with E-state index in [1.54, 1.807) is 17.5 Å². The lowest BCUT2D eigenvalue weighted by Gasteiger charge is -2.57. The van der Waals surface area contributed by atoms with Gasteiger partial charge in [-0.15, -0.1) is 0 Å². The molecule has 3 aromatic rings. The lowest BCUT2D eigenvalue weighted by Crippen LogP contribution is -2.68. The molecule has 0 amide bonds. The van der Waals surface area contributed by atoms with Crippen molar-refractivity contribution in [3.63, 3.8) is 0 Å². The number of sulfonamides is 1. The van der Waals surface area contributed by atoms with Crippen LogP contribution in [0.2, 0.25) is 0 Å². The smallest absolute Gasteiger partial charge is 0.243 e. The SMILES string of the molecule is COC[C@@H]1[C@@H](c2ccc(-c3ccccc3)cc2)[C@@H]2CN(S(=O)(=O)c3ccccc3C)CCCCN12. The fraction of sp³-hybridized carbons (Fsp3) is 0.379. The summed E-state index contributed by atoms with van der Waals surface area (Å²) in [5, 5.41) is 0. The molecule has 184 valence electrons. The zero-order chi connectivity index (χ0) is 24.4. The molecule has 0 spiro atoms. The molecule has 3 aromatic carbocycles. The summed E-state index contributed by atoms with van der Waals surface area (Å²) < 4.78 is 34.7. The molecule has 5 rings (SSSR count). The Bertz CT molecular complexity index is 1240. The molecule has 3 atom stereocenters. The normalized spacial score (nSPS) is 23.7. The second-order valence-corrected chi connectivity index (χ2v) is 11.6. The average molecular weight is 491 g/mol. The Hall–Kier alpha value is -2.51. The monoisotopic (exact) mass is 490 g/mol. The lowest BCUT2D eigenvalue weighted by molar-refractivity contribution is -0.0635. The van der Waals surface area contributed by atoms with Crippen molar-refractivity contribution in [2.75, 3.05) is 33.4 Å². The predicted molar refractivity (Wildman–Crippen MR) is 140 cm³/mol. The van der Waals surface area contributed by atoms with Crippen LogP contribution in [0.3, 0.4) is 0 Å². The molecule has 6 heteroatoms. The number of fused-ring (bicyclic) bond motifs is 1. The van der Waals surface area contributed by atoms with Crippen LogP contribution in [0, 0.1) is 6.92 Å². The number of ether oxygens (including phenoxy) is 1. The minimum absolute atomic E-state index is 0.136. The standard InChI is InChI=1S/C29H34N2O3S/c1-22-10-6-7-13-28(22)35(32,33)30-18-8-9-19-31-26(20-30)29(27(31)21-34-2)25-16-14-24(15-17-25)23-11-4-3-5-12-23/h3-7,10-17,26-27,29H,8-9,18-21H2,1-2H3/t26-,27+,29-/m0/s1. The number of aryl methyl sites for hydroxylation is 1. The maximum Gasteiger partial charge on any atom is 0.243 e. The van der Waals surface area contributed by atoms with E-state index in [-0.39, 0.29) is 18.0 Å². The highest BCUT2D eigenvalue weighted by molar-refractivity contribution is 7.89. The number of benzene rings is 3. The van der Waals surface area contributed by atoms with Crippen LogP contribution in [0.5, 0.6) is 0 Å². The van der Waals surface area contributed by atoms with Crippen LogP contribution >= 0.6 is 0 Å². The van der Waals surface area contributed by atoms with Crippen molar-refractivity contribution < 1.29 is 13.2 Å². The summed E-state index contributed by atoms with van der Waals surface area (Å²) in [6.45, 7) is 4.57. The predicted octanol–water partition coefficient (Wildman–Crippen LogP) is 4.93. The van der Waals surface area contributed by atoms with Gasteiger partial charge in [0.05, 0.1) is 11.5 Å². The molecule has 0 unspecified atom stereocenters. The van der Waals surface area contributed by atoms with Gasteiger partial charge in [-0.3, -0.25) is 4.90 Å². The van der Waals surface area contributed by atoms with Crippen LogP contribution in [0.25, 0.3) is 11.1 Å². The number of nitrogens with zero attached hydrogens (tertiary/aromatic N) is 2. The molecular weight excluding hydrogens is 456 g/mol. The molecule has 2 heterocycles. The van der Waals surface area contributed by atoms with Crippen LogP contribution in [0.15, 0.2) is 83.8 Å². The van der Waals surface area contributed by atoms with E-state index >= 15 is 0 Å². The summed E-state index contributed by atoms with van der Waals surface area (Å²) in [5.74, 6) is 0.229. The van der Waals surface area contributed by atoms with Gasteiger partial charge in [0.2, 0.25) is 10.0 Å². The van der Waals surface area contributed by atoms with E-state index in [1.807, 2.05) is 31.2 Å². The Balaban J connectivity index is 1.45. The molecule has 2 aliphatic rings. The zero-order valence-electron chi connectivity index (χ0n) is 20.5. The van der Waals surface area contributed by atoms with Crippen molar-refractivity contribution in [3.8, 4) is 11.1 Å². The van der Waals surface area contributed by atoms with Gasteiger partial charge in [-0.05, 0) is 54.6 Å².